The molecule has 4 rings (SSSR count). The first-order valence-electron chi connectivity index (χ1n) is 8.29. The second-order valence-corrected chi connectivity index (χ2v) is 6.06. The predicted molar refractivity (Wildman–Crippen MR) is 86.7 cm³/mol. The summed E-state index contributed by atoms with van der Waals surface area (Å²) in [5.41, 5.74) is 1.32. The fourth-order valence-electron chi connectivity index (χ4n) is 3.17. The third-order valence-electron chi connectivity index (χ3n) is 4.47. The van der Waals surface area contributed by atoms with Crippen LogP contribution >= 0.6 is 0 Å². The molecule has 0 aromatic carbocycles. The molecule has 2 aliphatic heterocycles. The maximum Gasteiger partial charge on any atom is 0.272 e. The Balaban J connectivity index is 1.49. The van der Waals surface area contributed by atoms with Gasteiger partial charge in [-0.25, -0.2) is 9.97 Å². The number of hydrogen-bond acceptors (Lipinski definition) is 6. The first-order chi connectivity index (χ1) is 11.8. The highest BCUT2D eigenvalue weighted by molar-refractivity contribution is 5.92. The molecule has 0 spiro atoms. The average molecular weight is 328 g/mol. The number of hydrogen-bond donors (Lipinski definition) is 1. The van der Waals surface area contributed by atoms with Crippen LogP contribution < -0.4 is 4.90 Å². The van der Waals surface area contributed by atoms with E-state index in [1.165, 1.54) is 12.8 Å². The lowest BCUT2D eigenvalue weighted by atomic mass is 10.2. The highest BCUT2D eigenvalue weighted by Crippen LogP contribution is 2.24. The van der Waals surface area contributed by atoms with Crippen LogP contribution in [0.3, 0.4) is 0 Å². The Hall–Kier alpha value is -2.48. The largest absolute Gasteiger partial charge is 0.368 e. The number of rotatable bonds is 3. The minimum Gasteiger partial charge on any atom is -0.368 e. The van der Waals surface area contributed by atoms with Gasteiger partial charge in [-0.15, -0.1) is 0 Å². The summed E-state index contributed by atoms with van der Waals surface area (Å²) >= 11 is 0. The molecular weight excluding hydrogens is 308 g/mol. The van der Waals surface area contributed by atoms with Crippen molar-refractivity contribution < 1.29 is 9.53 Å². The summed E-state index contributed by atoms with van der Waals surface area (Å²) < 4.78 is 5.85. The molecule has 0 radical (unpaired) electrons. The molecule has 126 valence electrons. The molecular formula is C16H20N6O2. The van der Waals surface area contributed by atoms with Gasteiger partial charge in [-0.1, -0.05) is 0 Å². The van der Waals surface area contributed by atoms with E-state index >= 15 is 0 Å². The predicted octanol–water partition coefficient (Wildman–Crippen LogP) is 1.01. The van der Waals surface area contributed by atoms with Crippen LogP contribution in [0.1, 0.15) is 35.1 Å². The van der Waals surface area contributed by atoms with Gasteiger partial charge in [0.25, 0.3) is 5.91 Å². The lowest BCUT2D eigenvalue weighted by Crippen LogP contribution is -2.42. The van der Waals surface area contributed by atoms with Crippen molar-refractivity contribution in [3.8, 4) is 0 Å². The monoisotopic (exact) mass is 328 g/mol. The standard InChI is InChI=1S/C16H20N6O2/c23-15(13-4-6-18-20-13)22-9-10-24-14(11-22)12-3-5-17-16(19-12)21-7-1-2-8-21/h3-6,14H,1-2,7-11H2,(H,18,20). The number of carbonyl (C=O) groups excluding carboxylic acids is 1. The Labute approximate surface area is 139 Å². The van der Waals surface area contributed by atoms with Crippen molar-refractivity contribution in [2.45, 2.75) is 18.9 Å². The van der Waals surface area contributed by atoms with Crippen LogP contribution in [0.15, 0.2) is 24.5 Å². The van der Waals surface area contributed by atoms with E-state index in [2.05, 4.69) is 25.1 Å². The minimum absolute atomic E-state index is 0.0605. The van der Waals surface area contributed by atoms with Crippen LogP contribution in [0.5, 0.6) is 0 Å². The number of anilines is 1. The first-order valence-corrected chi connectivity index (χ1v) is 8.29. The molecule has 2 aromatic rings. The molecule has 2 fully saturated rings. The van der Waals surface area contributed by atoms with Gasteiger partial charge in [0.2, 0.25) is 5.95 Å². The zero-order chi connectivity index (χ0) is 16.4. The molecule has 24 heavy (non-hydrogen) atoms. The van der Waals surface area contributed by atoms with Crippen molar-refractivity contribution in [2.75, 3.05) is 37.7 Å². The lowest BCUT2D eigenvalue weighted by molar-refractivity contribution is -0.0249. The SMILES string of the molecule is O=C(c1ccn[nH]1)N1CCOC(c2ccnc(N3CCCC3)n2)C1. The minimum atomic E-state index is -0.227. The number of amides is 1. The van der Waals surface area contributed by atoms with Gasteiger partial charge < -0.3 is 14.5 Å². The molecule has 0 saturated carbocycles. The smallest absolute Gasteiger partial charge is 0.272 e. The molecule has 0 aliphatic carbocycles. The molecule has 0 bridgehead atoms. The summed E-state index contributed by atoms with van der Waals surface area (Å²) in [6, 6.07) is 3.55. The molecule has 8 heteroatoms. The molecule has 8 nitrogen and oxygen atoms in total. The third-order valence-corrected chi connectivity index (χ3v) is 4.47. The summed E-state index contributed by atoms with van der Waals surface area (Å²) in [5.74, 6) is 0.695. The van der Waals surface area contributed by atoms with Gasteiger partial charge in [0, 0.05) is 32.0 Å². The van der Waals surface area contributed by atoms with Crippen molar-refractivity contribution >= 4 is 11.9 Å². The Morgan fingerprint density at radius 3 is 2.88 bits per heavy atom. The van der Waals surface area contributed by atoms with E-state index in [-0.39, 0.29) is 12.0 Å². The molecule has 2 aliphatic rings. The van der Waals surface area contributed by atoms with Crippen molar-refractivity contribution in [2.24, 2.45) is 0 Å². The van der Waals surface area contributed by atoms with E-state index in [1.807, 2.05) is 6.07 Å². The topological polar surface area (TPSA) is 87.2 Å². The molecule has 2 saturated heterocycles. The Bertz CT molecular complexity index is 698. The number of morpholine rings is 1. The maximum absolute atomic E-state index is 12.5. The summed E-state index contributed by atoms with van der Waals surface area (Å²) in [4.78, 5) is 25.5. The normalized spacial score (nSPS) is 21.2. The number of nitrogens with zero attached hydrogens (tertiary/aromatic N) is 5. The van der Waals surface area contributed by atoms with Crippen LogP contribution in [0.2, 0.25) is 0 Å². The van der Waals surface area contributed by atoms with E-state index in [4.69, 9.17) is 4.74 Å². The number of nitrogens with one attached hydrogen (secondary N) is 1. The quantitative estimate of drug-likeness (QED) is 0.905. The van der Waals surface area contributed by atoms with Crippen molar-refractivity contribution in [3.05, 3.63) is 35.9 Å². The van der Waals surface area contributed by atoms with Gasteiger partial charge >= 0.3 is 0 Å². The fraction of sp³-hybridized carbons (Fsp3) is 0.500. The van der Waals surface area contributed by atoms with Gasteiger partial charge in [0.05, 0.1) is 18.8 Å². The number of H-pyrrole nitrogens is 1. The fourth-order valence-corrected chi connectivity index (χ4v) is 3.17. The molecule has 1 amide bonds. The number of carbonyl (C=O) groups is 1. The molecule has 2 aromatic heterocycles. The van der Waals surface area contributed by atoms with E-state index in [0.717, 1.165) is 24.7 Å². The van der Waals surface area contributed by atoms with Crippen LogP contribution in [0, 0.1) is 0 Å². The van der Waals surface area contributed by atoms with E-state index in [0.29, 0.717) is 25.4 Å². The van der Waals surface area contributed by atoms with Gasteiger partial charge in [-0.05, 0) is 25.0 Å². The molecule has 1 unspecified atom stereocenters. The zero-order valence-corrected chi connectivity index (χ0v) is 13.4. The van der Waals surface area contributed by atoms with E-state index in [1.54, 1.807) is 23.4 Å². The Morgan fingerprint density at radius 2 is 2.08 bits per heavy atom. The van der Waals surface area contributed by atoms with Gasteiger partial charge in [-0.2, -0.15) is 5.10 Å². The average Bonchev–Trinajstić information content (AvgIpc) is 3.35. The van der Waals surface area contributed by atoms with Crippen LogP contribution in [0.25, 0.3) is 0 Å². The van der Waals surface area contributed by atoms with Gasteiger partial charge in [0.15, 0.2) is 0 Å². The molecule has 1 atom stereocenters. The third kappa shape index (κ3) is 2.96. The summed E-state index contributed by atoms with van der Waals surface area (Å²) in [7, 11) is 0. The van der Waals surface area contributed by atoms with E-state index in [9.17, 15) is 4.79 Å². The highest BCUT2D eigenvalue weighted by atomic mass is 16.5. The van der Waals surface area contributed by atoms with Crippen LogP contribution in [0.4, 0.5) is 5.95 Å². The second kappa shape index (κ2) is 6.56. The Kier molecular flexibility index (Phi) is 4.12. The second-order valence-electron chi connectivity index (χ2n) is 6.06. The Morgan fingerprint density at radius 1 is 1.21 bits per heavy atom. The summed E-state index contributed by atoms with van der Waals surface area (Å²) in [6.07, 6.45) is 5.49. The number of ether oxygens (including phenoxy) is 1. The highest BCUT2D eigenvalue weighted by Gasteiger charge is 2.28. The van der Waals surface area contributed by atoms with E-state index < -0.39 is 0 Å². The first kappa shape index (κ1) is 15.1. The summed E-state index contributed by atoms with van der Waals surface area (Å²) in [6.45, 7) is 3.54. The van der Waals surface area contributed by atoms with Crippen molar-refractivity contribution in [1.29, 1.82) is 0 Å². The maximum atomic E-state index is 12.5. The zero-order valence-electron chi connectivity index (χ0n) is 13.4. The number of aromatic amines is 1. The van der Waals surface area contributed by atoms with Crippen molar-refractivity contribution in [3.63, 3.8) is 0 Å². The molecule has 1 N–H and O–H groups in total. The lowest BCUT2D eigenvalue weighted by Gasteiger charge is -2.32. The molecule has 4 heterocycles. The van der Waals surface area contributed by atoms with Crippen LogP contribution in [-0.2, 0) is 4.74 Å². The van der Waals surface area contributed by atoms with Crippen LogP contribution in [-0.4, -0.2) is 63.8 Å². The van der Waals surface area contributed by atoms with Crippen molar-refractivity contribution in [1.82, 2.24) is 25.1 Å². The summed E-state index contributed by atoms with van der Waals surface area (Å²) in [5, 5.41) is 6.56. The van der Waals surface area contributed by atoms with Gasteiger partial charge in [0.1, 0.15) is 11.8 Å². The van der Waals surface area contributed by atoms with Gasteiger partial charge in [-0.3, -0.25) is 9.89 Å². The number of aromatic nitrogens is 4.